The minimum absolute atomic E-state index is 0.237. The lowest BCUT2D eigenvalue weighted by atomic mass is 9.87. The number of nitrogens with zero attached hydrogens (tertiary/aromatic N) is 1. The molecule has 23 heavy (non-hydrogen) atoms. The standard InChI is InChI=1S/C17H21NO5/c1-22-10-8-12-7-9-18(17(20)21)15(11-12)13-3-5-14(6-4-13)16(19)23-2/h3-6,8,10,12,15H,7,9,11H2,1-2H3,(H,20,21)/b10-8+/t12?,15-/m0/s1. The van der Waals surface area contributed by atoms with Crippen LogP contribution in [0.25, 0.3) is 0 Å². The zero-order chi connectivity index (χ0) is 16.8. The van der Waals surface area contributed by atoms with E-state index < -0.39 is 12.1 Å². The Morgan fingerprint density at radius 1 is 1.26 bits per heavy atom. The second-order valence-corrected chi connectivity index (χ2v) is 5.45. The Morgan fingerprint density at radius 2 is 1.96 bits per heavy atom. The summed E-state index contributed by atoms with van der Waals surface area (Å²) in [5, 5.41) is 9.42. The molecule has 6 heteroatoms. The molecular weight excluding hydrogens is 298 g/mol. The van der Waals surface area contributed by atoms with E-state index in [9.17, 15) is 14.7 Å². The van der Waals surface area contributed by atoms with E-state index in [2.05, 4.69) is 4.74 Å². The number of hydrogen-bond acceptors (Lipinski definition) is 4. The Labute approximate surface area is 135 Å². The van der Waals surface area contributed by atoms with Gasteiger partial charge in [0.1, 0.15) is 0 Å². The molecule has 1 amide bonds. The van der Waals surface area contributed by atoms with Crippen molar-refractivity contribution in [2.75, 3.05) is 20.8 Å². The number of allylic oxidation sites excluding steroid dienone is 1. The monoisotopic (exact) mass is 319 g/mol. The molecule has 1 aliphatic rings. The zero-order valence-electron chi connectivity index (χ0n) is 13.3. The smallest absolute Gasteiger partial charge is 0.407 e. The van der Waals surface area contributed by atoms with Gasteiger partial charge in [-0.05, 0) is 42.5 Å². The van der Waals surface area contributed by atoms with Gasteiger partial charge < -0.3 is 19.5 Å². The zero-order valence-corrected chi connectivity index (χ0v) is 13.3. The molecule has 1 N–H and O–H groups in total. The molecule has 1 aromatic carbocycles. The van der Waals surface area contributed by atoms with Gasteiger partial charge >= 0.3 is 12.1 Å². The summed E-state index contributed by atoms with van der Waals surface area (Å²) >= 11 is 0. The highest BCUT2D eigenvalue weighted by Gasteiger charge is 2.31. The van der Waals surface area contributed by atoms with E-state index in [0.29, 0.717) is 18.5 Å². The van der Waals surface area contributed by atoms with Crippen molar-refractivity contribution in [2.45, 2.75) is 18.9 Å². The minimum atomic E-state index is -0.929. The Kier molecular flexibility index (Phi) is 5.62. The minimum Gasteiger partial charge on any atom is -0.505 e. The molecule has 1 heterocycles. The van der Waals surface area contributed by atoms with Gasteiger partial charge in [0.25, 0.3) is 0 Å². The molecule has 124 valence electrons. The van der Waals surface area contributed by atoms with Gasteiger partial charge in [-0.25, -0.2) is 9.59 Å². The van der Waals surface area contributed by atoms with Gasteiger partial charge in [-0.3, -0.25) is 0 Å². The van der Waals surface area contributed by atoms with Crippen LogP contribution in [0.15, 0.2) is 36.6 Å². The predicted octanol–water partition coefficient (Wildman–Crippen LogP) is 3.06. The maximum Gasteiger partial charge on any atom is 0.407 e. The van der Waals surface area contributed by atoms with Gasteiger partial charge in [0, 0.05) is 6.54 Å². The van der Waals surface area contributed by atoms with Crippen molar-refractivity contribution in [3.63, 3.8) is 0 Å². The predicted molar refractivity (Wildman–Crippen MR) is 84.1 cm³/mol. The number of carboxylic acid groups (broad SMARTS) is 1. The van der Waals surface area contributed by atoms with Crippen molar-refractivity contribution in [2.24, 2.45) is 5.92 Å². The summed E-state index contributed by atoms with van der Waals surface area (Å²) in [4.78, 5) is 24.4. The van der Waals surface area contributed by atoms with Gasteiger partial charge in [0.05, 0.1) is 32.1 Å². The van der Waals surface area contributed by atoms with Crippen molar-refractivity contribution in [1.82, 2.24) is 4.90 Å². The lowest BCUT2D eigenvalue weighted by Gasteiger charge is -2.37. The number of likely N-dealkylation sites (tertiary alicyclic amines) is 1. The van der Waals surface area contributed by atoms with Crippen LogP contribution in [-0.2, 0) is 9.47 Å². The maximum atomic E-state index is 11.5. The van der Waals surface area contributed by atoms with Gasteiger partial charge in [-0.2, -0.15) is 0 Å². The molecule has 0 spiro atoms. The first-order valence-electron chi connectivity index (χ1n) is 7.44. The fourth-order valence-corrected chi connectivity index (χ4v) is 2.86. The van der Waals surface area contributed by atoms with Crippen molar-refractivity contribution in [3.05, 3.63) is 47.7 Å². The largest absolute Gasteiger partial charge is 0.505 e. The van der Waals surface area contributed by atoms with Crippen LogP contribution in [0.4, 0.5) is 4.79 Å². The number of esters is 1. The molecule has 0 saturated carbocycles. The second kappa shape index (κ2) is 7.67. The molecular formula is C17H21NO5. The van der Waals surface area contributed by atoms with Crippen LogP contribution in [-0.4, -0.2) is 42.8 Å². The number of benzene rings is 1. The van der Waals surface area contributed by atoms with Crippen LogP contribution in [0.2, 0.25) is 0 Å². The van der Waals surface area contributed by atoms with E-state index in [0.717, 1.165) is 12.0 Å². The molecule has 1 saturated heterocycles. The average molecular weight is 319 g/mol. The van der Waals surface area contributed by atoms with E-state index in [1.54, 1.807) is 37.6 Å². The Morgan fingerprint density at radius 3 is 2.52 bits per heavy atom. The summed E-state index contributed by atoms with van der Waals surface area (Å²) < 4.78 is 9.63. The normalized spacial score (nSPS) is 21.2. The molecule has 0 bridgehead atoms. The number of amides is 1. The van der Waals surface area contributed by atoms with Gasteiger partial charge in [-0.15, -0.1) is 0 Å². The fraction of sp³-hybridized carbons (Fsp3) is 0.412. The van der Waals surface area contributed by atoms with Crippen molar-refractivity contribution in [1.29, 1.82) is 0 Å². The third kappa shape index (κ3) is 4.03. The van der Waals surface area contributed by atoms with E-state index >= 15 is 0 Å². The third-order valence-electron chi connectivity index (χ3n) is 4.09. The summed E-state index contributed by atoms with van der Waals surface area (Å²) in [5.41, 5.74) is 1.32. The summed E-state index contributed by atoms with van der Waals surface area (Å²) in [6.45, 7) is 0.470. The number of piperidine rings is 1. The van der Waals surface area contributed by atoms with E-state index in [1.807, 2.05) is 6.08 Å². The first-order chi connectivity index (χ1) is 11.1. The molecule has 0 radical (unpaired) electrons. The molecule has 0 aromatic heterocycles. The Bertz CT molecular complexity index is 581. The van der Waals surface area contributed by atoms with Gasteiger partial charge in [0.2, 0.25) is 0 Å². The molecule has 6 nitrogen and oxygen atoms in total. The molecule has 1 fully saturated rings. The summed E-state index contributed by atoms with van der Waals surface area (Å²) in [6, 6.07) is 6.66. The lowest BCUT2D eigenvalue weighted by molar-refractivity contribution is 0.0600. The molecule has 1 unspecified atom stereocenters. The quantitative estimate of drug-likeness (QED) is 0.682. The van der Waals surface area contributed by atoms with E-state index in [4.69, 9.17) is 4.74 Å². The average Bonchev–Trinajstić information content (AvgIpc) is 2.59. The molecule has 0 aliphatic carbocycles. The Hall–Kier alpha value is -2.50. The number of methoxy groups -OCH3 is 2. The van der Waals surface area contributed by atoms with E-state index in [-0.39, 0.29) is 12.0 Å². The molecule has 2 rings (SSSR count). The summed E-state index contributed by atoms with van der Waals surface area (Å²) in [7, 11) is 2.92. The van der Waals surface area contributed by atoms with Crippen LogP contribution < -0.4 is 0 Å². The number of rotatable bonds is 4. The highest BCUT2D eigenvalue weighted by atomic mass is 16.5. The highest BCUT2D eigenvalue weighted by Crippen LogP contribution is 2.35. The Balaban J connectivity index is 2.22. The molecule has 2 atom stereocenters. The van der Waals surface area contributed by atoms with Gasteiger partial charge in [-0.1, -0.05) is 12.1 Å². The fourth-order valence-electron chi connectivity index (χ4n) is 2.86. The summed E-state index contributed by atoms with van der Waals surface area (Å²) in [6.07, 6.45) is 4.13. The van der Waals surface area contributed by atoms with Crippen LogP contribution in [0.1, 0.15) is 34.8 Å². The highest BCUT2D eigenvalue weighted by molar-refractivity contribution is 5.89. The number of carbonyl (C=O) groups excluding carboxylic acids is 1. The molecule has 1 aliphatic heterocycles. The third-order valence-corrected chi connectivity index (χ3v) is 4.09. The summed E-state index contributed by atoms with van der Waals surface area (Å²) in [5.74, 6) is -0.146. The first kappa shape index (κ1) is 16.9. The van der Waals surface area contributed by atoms with Crippen LogP contribution in [0.5, 0.6) is 0 Å². The number of carbonyl (C=O) groups is 2. The lowest BCUT2D eigenvalue weighted by Crippen LogP contribution is -2.40. The van der Waals surface area contributed by atoms with E-state index in [1.165, 1.54) is 12.0 Å². The van der Waals surface area contributed by atoms with Crippen molar-refractivity contribution < 1.29 is 24.2 Å². The van der Waals surface area contributed by atoms with Crippen molar-refractivity contribution >= 4 is 12.1 Å². The van der Waals surface area contributed by atoms with Crippen molar-refractivity contribution in [3.8, 4) is 0 Å². The van der Waals surface area contributed by atoms with Crippen LogP contribution >= 0.6 is 0 Å². The number of ether oxygens (including phenoxy) is 2. The number of hydrogen-bond donors (Lipinski definition) is 1. The maximum absolute atomic E-state index is 11.5. The van der Waals surface area contributed by atoms with Crippen LogP contribution in [0, 0.1) is 5.92 Å². The SMILES string of the molecule is CO/C=C/C1CCN(C(=O)O)[C@H](c2ccc(C(=O)OC)cc2)C1. The topological polar surface area (TPSA) is 76.1 Å². The van der Waals surface area contributed by atoms with Gasteiger partial charge in [0.15, 0.2) is 0 Å². The molecule has 1 aromatic rings. The second-order valence-electron chi connectivity index (χ2n) is 5.45. The first-order valence-corrected chi connectivity index (χ1v) is 7.44. The van der Waals surface area contributed by atoms with Crippen LogP contribution in [0.3, 0.4) is 0 Å².